The molecular weight excluding hydrogens is 334 g/mol. The number of hydrogen-bond acceptors (Lipinski definition) is 5. The first-order valence-corrected chi connectivity index (χ1v) is 9.18. The van der Waals surface area contributed by atoms with Gasteiger partial charge in [0.25, 0.3) is 11.8 Å². The van der Waals surface area contributed by atoms with Gasteiger partial charge in [-0.2, -0.15) is 0 Å². The minimum absolute atomic E-state index is 0.102. The van der Waals surface area contributed by atoms with Gasteiger partial charge in [-0.3, -0.25) is 14.4 Å². The number of imide groups is 1. The smallest absolute Gasteiger partial charge is 0.330 e. The third kappa shape index (κ3) is 6.78. The Labute approximate surface area is 153 Å². The molecule has 0 atom stereocenters. The van der Waals surface area contributed by atoms with Crippen LogP contribution in [0.25, 0.3) is 0 Å². The molecule has 1 aromatic rings. The van der Waals surface area contributed by atoms with Crippen molar-refractivity contribution in [1.29, 1.82) is 0 Å². The van der Waals surface area contributed by atoms with E-state index in [2.05, 4.69) is 0 Å². The van der Waals surface area contributed by atoms with Crippen LogP contribution in [0.5, 0.6) is 0 Å². The van der Waals surface area contributed by atoms with E-state index >= 15 is 0 Å². The van der Waals surface area contributed by atoms with Crippen molar-refractivity contribution in [2.45, 2.75) is 64.2 Å². The highest BCUT2D eigenvalue weighted by molar-refractivity contribution is 6.01. The number of carbonyl (C=O) groups excluding carboxylic acids is 4. The summed E-state index contributed by atoms with van der Waals surface area (Å²) in [6.07, 6.45) is 5.38. The lowest BCUT2D eigenvalue weighted by Crippen LogP contribution is -2.31. The molecule has 0 aliphatic carbocycles. The van der Waals surface area contributed by atoms with Crippen molar-refractivity contribution in [3.63, 3.8) is 0 Å². The Kier molecular flexibility index (Phi) is 7.99. The van der Waals surface area contributed by atoms with Crippen LogP contribution < -0.4 is 0 Å². The Morgan fingerprint density at radius 1 is 0.846 bits per heavy atom. The summed E-state index contributed by atoms with van der Waals surface area (Å²) >= 11 is 0. The molecule has 0 bridgehead atoms. The van der Waals surface area contributed by atoms with Crippen LogP contribution in [0.3, 0.4) is 0 Å². The van der Waals surface area contributed by atoms with Crippen molar-refractivity contribution in [1.82, 2.24) is 5.06 Å². The van der Waals surface area contributed by atoms with Gasteiger partial charge in [-0.05, 0) is 24.8 Å². The van der Waals surface area contributed by atoms with Crippen LogP contribution in [-0.2, 0) is 30.4 Å². The summed E-state index contributed by atoms with van der Waals surface area (Å²) in [5.41, 5.74) is 1.18. The molecule has 140 valence electrons. The molecule has 0 aromatic heterocycles. The van der Waals surface area contributed by atoms with Gasteiger partial charge >= 0.3 is 5.97 Å². The lowest BCUT2D eigenvalue weighted by molar-refractivity contribution is -0.197. The van der Waals surface area contributed by atoms with Gasteiger partial charge in [-0.1, -0.05) is 43.2 Å². The second-order valence-electron chi connectivity index (χ2n) is 6.48. The minimum atomic E-state index is -0.562. The van der Waals surface area contributed by atoms with Crippen LogP contribution in [0.4, 0.5) is 0 Å². The normalized spacial score (nSPS) is 13.9. The Morgan fingerprint density at radius 2 is 1.46 bits per heavy atom. The molecule has 0 unspecified atom stereocenters. The number of benzene rings is 1. The van der Waals surface area contributed by atoms with Crippen molar-refractivity contribution < 1.29 is 24.0 Å². The maximum absolute atomic E-state index is 11.9. The van der Waals surface area contributed by atoms with Crippen molar-refractivity contribution in [2.24, 2.45) is 0 Å². The highest BCUT2D eigenvalue weighted by Crippen LogP contribution is 2.14. The van der Waals surface area contributed by atoms with Crippen LogP contribution in [0.1, 0.15) is 63.4 Å². The predicted octanol–water partition coefficient (Wildman–Crippen LogP) is 3.14. The number of aryl methyl sites for hydroxylation is 1. The third-order valence-corrected chi connectivity index (χ3v) is 4.32. The number of nitrogens with zero attached hydrogens (tertiary/aromatic N) is 1. The summed E-state index contributed by atoms with van der Waals surface area (Å²) in [6.45, 7) is 0. The molecule has 1 aliphatic heterocycles. The predicted molar refractivity (Wildman–Crippen MR) is 94.7 cm³/mol. The molecule has 2 rings (SSSR count). The van der Waals surface area contributed by atoms with E-state index in [0.29, 0.717) is 24.3 Å². The second-order valence-corrected chi connectivity index (χ2v) is 6.48. The maximum Gasteiger partial charge on any atom is 0.333 e. The zero-order valence-electron chi connectivity index (χ0n) is 14.9. The number of unbranched alkanes of at least 4 members (excludes halogenated alkanes) is 3. The van der Waals surface area contributed by atoms with Gasteiger partial charge in [-0.25, -0.2) is 4.79 Å². The fourth-order valence-electron chi connectivity index (χ4n) is 2.80. The zero-order chi connectivity index (χ0) is 18.8. The lowest BCUT2D eigenvalue weighted by Gasteiger charge is -2.12. The summed E-state index contributed by atoms with van der Waals surface area (Å²) in [6, 6.07) is 9.95. The van der Waals surface area contributed by atoms with Gasteiger partial charge in [0.05, 0.1) is 0 Å². The standard InChI is InChI=1S/C20H25NO5/c22-17(13-12-16-8-4-3-5-9-16)10-6-1-2-7-11-20(25)26-21-18(23)14-15-19(21)24/h3-5,8-9H,1-2,6-7,10-15H2. The van der Waals surface area contributed by atoms with Gasteiger partial charge in [0.15, 0.2) is 0 Å². The molecular formula is C20H25NO5. The molecule has 26 heavy (non-hydrogen) atoms. The van der Waals surface area contributed by atoms with E-state index in [0.717, 1.165) is 25.7 Å². The Morgan fingerprint density at radius 3 is 2.12 bits per heavy atom. The Hall–Kier alpha value is -2.50. The van der Waals surface area contributed by atoms with Crippen molar-refractivity contribution in [2.75, 3.05) is 0 Å². The molecule has 0 spiro atoms. The van der Waals surface area contributed by atoms with E-state index in [9.17, 15) is 19.2 Å². The van der Waals surface area contributed by atoms with Crippen LogP contribution in [-0.4, -0.2) is 28.6 Å². The van der Waals surface area contributed by atoms with Crippen molar-refractivity contribution >= 4 is 23.6 Å². The van der Waals surface area contributed by atoms with Crippen LogP contribution in [0, 0.1) is 0 Å². The number of ketones is 1. The van der Waals surface area contributed by atoms with Crippen LogP contribution in [0.2, 0.25) is 0 Å². The summed E-state index contributed by atoms with van der Waals surface area (Å²) in [4.78, 5) is 51.0. The second kappa shape index (κ2) is 10.5. The lowest BCUT2D eigenvalue weighted by atomic mass is 10.0. The largest absolute Gasteiger partial charge is 0.333 e. The maximum atomic E-state index is 11.9. The van der Waals surface area contributed by atoms with Gasteiger partial charge in [0, 0.05) is 32.1 Å². The SMILES string of the molecule is O=C(CCCCCCC(=O)ON1C(=O)CCC1=O)CCc1ccccc1. The van der Waals surface area contributed by atoms with Gasteiger partial charge in [0.1, 0.15) is 5.78 Å². The highest BCUT2D eigenvalue weighted by atomic mass is 16.7. The fraction of sp³-hybridized carbons (Fsp3) is 0.500. The number of hydrogen-bond donors (Lipinski definition) is 0. The molecule has 1 heterocycles. The Balaban J connectivity index is 1.48. The molecule has 1 aromatic carbocycles. The summed E-state index contributed by atoms with van der Waals surface area (Å²) in [5.74, 6) is -1.22. The van der Waals surface area contributed by atoms with Crippen LogP contribution >= 0.6 is 0 Å². The van der Waals surface area contributed by atoms with E-state index in [1.54, 1.807) is 0 Å². The Bertz CT molecular complexity index is 625. The first-order chi connectivity index (χ1) is 12.6. The quantitative estimate of drug-likeness (QED) is 0.448. The van der Waals surface area contributed by atoms with E-state index < -0.39 is 17.8 Å². The molecule has 2 amide bonds. The molecule has 1 saturated heterocycles. The monoisotopic (exact) mass is 359 g/mol. The number of Topliss-reactive ketones (excluding diaryl/α,β-unsaturated/α-hetero) is 1. The molecule has 0 radical (unpaired) electrons. The topological polar surface area (TPSA) is 80.8 Å². The van der Waals surface area contributed by atoms with E-state index in [-0.39, 0.29) is 25.0 Å². The first kappa shape index (κ1) is 19.8. The van der Waals surface area contributed by atoms with Crippen LogP contribution in [0.15, 0.2) is 30.3 Å². The molecule has 1 fully saturated rings. The molecule has 6 nitrogen and oxygen atoms in total. The minimum Gasteiger partial charge on any atom is -0.330 e. The molecule has 0 saturated carbocycles. The first-order valence-electron chi connectivity index (χ1n) is 9.18. The van der Waals surface area contributed by atoms with Gasteiger partial charge in [0.2, 0.25) is 0 Å². The molecule has 6 heteroatoms. The molecule has 0 N–H and O–H groups in total. The van der Waals surface area contributed by atoms with Crippen molar-refractivity contribution in [3.8, 4) is 0 Å². The van der Waals surface area contributed by atoms with E-state index in [1.165, 1.54) is 5.56 Å². The average molecular weight is 359 g/mol. The average Bonchev–Trinajstić information content (AvgIpc) is 2.95. The van der Waals surface area contributed by atoms with E-state index in [4.69, 9.17) is 4.84 Å². The number of hydroxylamine groups is 2. The zero-order valence-corrected chi connectivity index (χ0v) is 14.9. The number of amides is 2. The highest BCUT2D eigenvalue weighted by Gasteiger charge is 2.32. The number of rotatable bonds is 11. The van der Waals surface area contributed by atoms with Crippen molar-refractivity contribution in [3.05, 3.63) is 35.9 Å². The fourth-order valence-corrected chi connectivity index (χ4v) is 2.80. The number of carbonyl (C=O) groups is 4. The summed E-state index contributed by atoms with van der Waals surface area (Å²) < 4.78 is 0. The van der Waals surface area contributed by atoms with E-state index in [1.807, 2.05) is 30.3 Å². The van der Waals surface area contributed by atoms with Gasteiger partial charge < -0.3 is 4.84 Å². The summed E-state index contributed by atoms with van der Waals surface area (Å²) in [7, 11) is 0. The van der Waals surface area contributed by atoms with Gasteiger partial charge in [-0.15, -0.1) is 5.06 Å². The summed E-state index contributed by atoms with van der Waals surface area (Å²) in [5, 5.41) is 0.577. The molecule has 1 aliphatic rings. The third-order valence-electron chi connectivity index (χ3n) is 4.32.